The molecule has 1 saturated heterocycles. The third-order valence-corrected chi connectivity index (χ3v) is 5.92. The molecule has 10 nitrogen and oxygen atoms in total. The van der Waals surface area contributed by atoms with E-state index in [1.807, 2.05) is 13.8 Å². The summed E-state index contributed by atoms with van der Waals surface area (Å²) in [5, 5.41) is 0.403. The predicted molar refractivity (Wildman–Crippen MR) is 115 cm³/mol. The minimum atomic E-state index is -0.423. The fraction of sp³-hybridized carbons (Fsp3) is 0.571. The van der Waals surface area contributed by atoms with E-state index in [1.165, 1.54) is 11.6 Å². The number of carbonyl (C=O) groups is 2. The van der Waals surface area contributed by atoms with Crippen molar-refractivity contribution < 1.29 is 14.3 Å². The first-order chi connectivity index (χ1) is 14.7. The average molecular weight is 431 g/mol. The maximum Gasteiger partial charge on any atom is 0.409 e. The first-order valence-electron chi connectivity index (χ1n) is 10.4. The lowest BCUT2D eigenvalue weighted by Gasteiger charge is -2.34. The van der Waals surface area contributed by atoms with Crippen LogP contribution in [0.2, 0.25) is 0 Å². The molecule has 0 aliphatic carbocycles. The van der Waals surface area contributed by atoms with Crippen LogP contribution >= 0.6 is 0 Å². The molecule has 31 heavy (non-hydrogen) atoms. The third kappa shape index (κ3) is 4.19. The largest absolute Gasteiger partial charge is 0.450 e. The van der Waals surface area contributed by atoms with Crippen molar-refractivity contribution >= 4 is 23.0 Å². The molecule has 0 N–H and O–H groups in total. The first-order valence-corrected chi connectivity index (χ1v) is 10.4. The standard InChI is InChI=1S/C21H29N5O5/c1-6-31-21(30)26-11-9-25(10-12-26)16(27)8-7-15-13(2)17-18(22-14(15)3)23(4)20(29)24(5)19(17)28/h6-12H2,1-5H3. The summed E-state index contributed by atoms with van der Waals surface area (Å²) in [6, 6.07) is 0. The highest BCUT2D eigenvalue weighted by Gasteiger charge is 2.25. The van der Waals surface area contributed by atoms with E-state index in [2.05, 4.69) is 4.98 Å². The van der Waals surface area contributed by atoms with E-state index in [1.54, 1.807) is 23.8 Å². The smallest absolute Gasteiger partial charge is 0.409 e. The molecule has 1 fully saturated rings. The second-order valence-electron chi connectivity index (χ2n) is 7.77. The molecule has 1 aliphatic rings. The van der Waals surface area contributed by atoms with E-state index < -0.39 is 5.69 Å². The van der Waals surface area contributed by atoms with Crippen molar-refractivity contribution in [1.82, 2.24) is 23.9 Å². The van der Waals surface area contributed by atoms with Crippen LogP contribution in [0.15, 0.2) is 9.59 Å². The zero-order chi connectivity index (χ0) is 22.9. The second-order valence-corrected chi connectivity index (χ2v) is 7.77. The molecular weight excluding hydrogens is 402 g/mol. The lowest BCUT2D eigenvalue weighted by molar-refractivity contribution is -0.132. The molecule has 3 heterocycles. The number of pyridine rings is 1. The molecule has 0 unspecified atom stereocenters. The summed E-state index contributed by atoms with van der Waals surface area (Å²) in [7, 11) is 3.04. The number of hydrogen-bond donors (Lipinski definition) is 0. The van der Waals surface area contributed by atoms with E-state index in [0.29, 0.717) is 55.9 Å². The zero-order valence-electron chi connectivity index (χ0n) is 18.7. The van der Waals surface area contributed by atoms with Gasteiger partial charge in [-0.15, -0.1) is 0 Å². The van der Waals surface area contributed by atoms with Gasteiger partial charge in [0.15, 0.2) is 0 Å². The van der Waals surface area contributed by atoms with Crippen LogP contribution in [0.3, 0.4) is 0 Å². The van der Waals surface area contributed by atoms with Crippen molar-refractivity contribution in [3.63, 3.8) is 0 Å². The van der Waals surface area contributed by atoms with Gasteiger partial charge in [0.05, 0.1) is 12.0 Å². The number of carbonyl (C=O) groups excluding carboxylic acids is 2. The summed E-state index contributed by atoms with van der Waals surface area (Å²) in [5.41, 5.74) is 1.85. The van der Waals surface area contributed by atoms with Crippen LogP contribution in [0.1, 0.15) is 30.2 Å². The molecule has 0 bridgehead atoms. The Balaban J connectivity index is 1.76. The van der Waals surface area contributed by atoms with Crippen LogP contribution in [0, 0.1) is 13.8 Å². The fourth-order valence-corrected chi connectivity index (χ4v) is 4.05. The lowest BCUT2D eigenvalue weighted by atomic mass is 9.99. The van der Waals surface area contributed by atoms with E-state index >= 15 is 0 Å². The van der Waals surface area contributed by atoms with Crippen LogP contribution in [0.25, 0.3) is 11.0 Å². The molecule has 3 rings (SSSR count). The molecular formula is C21H29N5O5. The lowest BCUT2D eigenvalue weighted by Crippen LogP contribution is -2.50. The van der Waals surface area contributed by atoms with E-state index in [4.69, 9.17) is 4.74 Å². The summed E-state index contributed by atoms with van der Waals surface area (Å²) in [4.78, 5) is 57.3. The minimum Gasteiger partial charge on any atom is -0.450 e. The van der Waals surface area contributed by atoms with Crippen molar-refractivity contribution in [2.45, 2.75) is 33.6 Å². The monoisotopic (exact) mass is 431 g/mol. The number of aromatic nitrogens is 3. The molecule has 2 aromatic heterocycles. The van der Waals surface area contributed by atoms with Gasteiger partial charge in [-0.25, -0.2) is 14.6 Å². The van der Waals surface area contributed by atoms with Gasteiger partial charge in [0.2, 0.25) is 5.91 Å². The normalized spacial score (nSPS) is 14.2. The van der Waals surface area contributed by atoms with Gasteiger partial charge in [-0.05, 0) is 38.3 Å². The predicted octanol–water partition coefficient (Wildman–Crippen LogP) is 0.482. The number of piperazine rings is 1. The van der Waals surface area contributed by atoms with Gasteiger partial charge < -0.3 is 14.5 Å². The van der Waals surface area contributed by atoms with Crippen LogP contribution in [0.4, 0.5) is 4.79 Å². The molecule has 0 saturated carbocycles. The van der Waals surface area contributed by atoms with Crippen LogP contribution in [-0.2, 0) is 30.0 Å². The third-order valence-electron chi connectivity index (χ3n) is 5.92. The molecule has 2 aromatic rings. The van der Waals surface area contributed by atoms with Crippen LogP contribution in [0.5, 0.6) is 0 Å². The molecule has 0 aromatic carbocycles. The first kappa shape index (κ1) is 22.5. The Hall–Kier alpha value is -3.17. The van der Waals surface area contributed by atoms with Crippen LogP contribution in [-0.4, -0.2) is 68.7 Å². The van der Waals surface area contributed by atoms with Gasteiger partial charge in [-0.1, -0.05) is 0 Å². The molecule has 2 amide bonds. The van der Waals surface area contributed by atoms with E-state index in [0.717, 1.165) is 15.7 Å². The summed E-state index contributed by atoms with van der Waals surface area (Å²) in [6.45, 7) is 7.58. The summed E-state index contributed by atoms with van der Waals surface area (Å²) < 4.78 is 7.45. The SMILES string of the molecule is CCOC(=O)N1CCN(C(=O)CCc2c(C)nc3c(c2C)c(=O)n(C)c(=O)n3C)CC1. The molecule has 168 valence electrons. The highest BCUT2D eigenvalue weighted by Crippen LogP contribution is 2.21. The average Bonchev–Trinajstić information content (AvgIpc) is 2.75. The summed E-state index contributed by atoms with van der Waals surface area (Å²) in [5.74, 6) is -0.00392. The van der Waals surface area contributed by atoms with Gasteiger partial charge in [0, 0.05) is 52.4 Å². The van der Waals surface area contributed by atoms with Gasteiger partial charge in [0.25, 0.3) is 5.56 Å². The van der Waals surface area contributed by atoms with Crippen molar-refractivity contribution in [3.05, 3.63) is 37.7 Å². The molecule has 1 aliphatic heterocycles. The van der Waals surface area contributed by atoms with Gasteiger partial charge in [-0.2, -0.15) is 0 Å². The molecule has 10 heteroatoms. The van der Waals surface area contributed by atoms with E-state index in [9.17, 15) is 19.2 Å². The molecule has 0 spiro atoms. The van der Waals surface area contributed by atoms with Gasteiger partial charge in [0.1, 0.15) is 5.65 Å². The van der Waals surface area contributed by atoms with Gasteiger partial charge >= 0.3 is 11.8 Å². The number of fused-ring (bicyclic) bond motifs is 1. The Morgan fingerprint density at radius 1 is 1.00 bits per heavy atom. The number of aryl methyl sites for hydroxylation is 3. The Morgan fingerprint density at radius 2 is 1.61 bits per heavy atom. The van der Waals surface area contributed by atoms with Crippen molar-refractivity contribution in [2.75, 3.05) is 32.8 Å². The highest BCUT2D eigenvalue weighted by molar-refractivity contribution is 5.81. The number of ether oxygens (including phenoxy) is 1. The molecule has 0 atom stereocenters. The maximum atomic E-state index is 12.7. The molecule has 0 radical (unpaired) electrons. The quantitative estimate of drug-likeness (QED) is 0.697. The Labute approximate surface area is 180 Å². The maximum absolute atomic E-state index is 12.7. The number of nitrogens with zero attached hydrogens (tertiary/aromatic N) is 5. The van der Waals surface area contributed by atoms with Crippen molar-refractivity contribution in [3.8, 4) is 0 Å². The fourth-order valence-electron chi connectivity index (χ4n) is 4.05. The number of rotatable bonds is 4. The highest BCUT2D eigenvalue weighted by atomic mass is 16.6. The van der Waals surface area contributed by atoms with Crippen molar-refractivity contribution in [1.29, 1.82) is 0 Å². The minimum absolute atomic E-state index is 0.00392. The summed E-state index contributed by atoms with van der Waals surface area (Å²) >= 11 is 0. The Kier molecular flexibility index (Phi) is 6.47. The number of hydrogen-bond acceptors (Lipinski definition) is 6. The Bertz CT molecular complexity index is 1140. The zero-order valence-corrected chi connectivity index (χ0v) is 18.7. The second kappa shape index (κ2) is 8.91. The van der Waals surface area contributed by atoms with E-state index in [-0.39, 0.29) is 24.0 Å². The summed E-state index contributed by atoms with van der Waals surface area (Å²) in [6.07, 6.45) is 0.378. The number of amides is 2. The topological polar surface area (TPSA) is 107 Å². The van der Waals surface area contributed by atoms with Crippen molar-refractivity contribution in [2.24, 2.45) is 14.1 Å². The van der Waals surface area contributed by atoms with Crippen LogP contribution < -0.4 is 11.2 Å². The Morgan fingerprint density at radius 3 is 2.23 bits per heavy atom. The van der Waals surface area contributed by atoms with Gasteiger partial charge in [-0.3, -0.25) is 18.7 Å².